The van der Waals surface area contributed by atoms with Gasteiger partial charge in [0.25, 0.3) is 0 Å². The number of carbonyl (C=O) groups is 1. The van der Waals surface area contributed by atoms with Crippen molar-refractivity contribution in [3.63, 3.8) is 0 Å². The molecule has 3 heterocycles. The highest BCUT2D eigenvalue weighted by atomic mass is 19.1. The first kappa shape index (κ1) is 20.4. The van der Waals surface area contributed by atoms with Gasteiger partial charge in [-0.1, -0.05) is 12.1 Å². The number of halogens is 1. The molecule has 0 saturated carbocycles. The van der Waals surface area contributed by atoms with E-state index in [-0.39, 0.29) is 11.7 Å². The summed E-state index contributed by atoms with van der Waals surface area (Å²) in [7, 11) is 1.56. The highest BCUT2D eigenvalue weighted by Gasteiger charge is 2.27. The second kappa shape index (κ2) is 9.28. The molecule has 30 heavy (non-hydrogen) atoms. The Balaban J connectivity index is 1.24. The average Bonchev–Trinajstić information content (AvgIpc) is 2.80. The molecule has 0 atom stereocenters. The third-order valence-corrected chi connectivity index (χ3v) is 6.03. The molecule has 4 rings (SSSR count). The fourth-order valence-electron chi connectivity index (χ4n) is 4.25. The molecule has 2 aliphatic rings. The first-order valence-electron chi connectivity index (χ1n) is 10.5. The number of piperazine rings is 1. The van der Waals surface area contributed by atoms with E-state index in [1.165, 1.54) is 6.07 Å². The van der Waals surface area contributed by atoms with Crippen molar-refractivity contribution in [3.8, 4) is 6.01 Å². The second-order valence-electron chi connectivity index (χ2n) is 7.86. The van der Waals surface area contributed by atoms with E-state index in [2.05, 4.69) is 14.9 Å². The highest BCUT2D eigenvalue weighted by molar-refractivity contribution is 5.77. The third-order valence-electron chi connectivity index (χ3n) is 6.03. The smallest absolute Gasteiger partial charge is 0.318 e. The third kappa shape index (κ3) is 4.63. The second-order valence-corrected chi connectivity index (χ2v) is 7.86. The number of carbonyl (C=O) groups excluding carboxylic acids is 1. The maximum Gasteiger partial charge on any atom is 0.318 e. The molecule has 8 heteroatoms. The lowest BCUT2D eigenvalue weighted by Crippen LogP contribution is -2.49. The number of methoxy groups -OCH3 is 1. The van der Waals surface area contributed by atoms with Crippen LogP contribution in [0.25, 0.3) is 0 Å². The Bertz CT molecular complexity index is 864. The van der Waals surface area contributed by atoms with E-state index in [9.17, 15) is 9.18 Å². The van der Waals surface area contributed by atoms with E-state index in [1.54, 1.807) is 25.4 Å². The molecular weight excluding hydrogens is 385 g/mol. The summed E-state index contributed by atoms with van der Waals surface area (Å²) in [6.45, 7) is 4.37. The molecule has 2 saturated heterocycles. The van der Waals surface area contributed by atoms with Gasteiger partial charge in [-0.25, -0.2) is 9.37 Å². The molecule has 0 N–H and O–H groups in total. The van der Waals surface area contributed by atoms with Gasteiger partial charge in [0.2, 0.25) is 5.91 Å². The van der Waals surface area contributed by atoms with E-state index in [0.717, 1.165) is 31.7 Å². The topological polar surface area (TPSA) is 61.8 Å². The first-order valence-corrected chi connectivity index (χ1v) is 10.5. The van der Waals surface area contributed by atoms with Crippen molar-refractivity contribution in [2.24, 2.45) is 5.92 Å². The summed E-state index contributed by atoms with van der Waals surface area (Å²) >= 11 is 0. The molecule has 2 fully saturated rings. The minimum atomic E-state index is -0.203. The van der Waals surface area contributed by atoms with Crippen LogP contribution in [0.3, 0.4) is 0 Å². The zero-order valence-corrected chi connectivity index (χ0v) is 17.3. The van der Waals surface area contributed by atoms with Crippen LogP contribution in [0.15, 0.2) is 36.5 Å². The lowest BCUT2D eigenvalue weighted by molar-refractivity contribution is -0.132. The molecule has 1 aromatic carbocycles. The molecule has 0 unspecified atom stereocenters. The van der Waals surface area contributed by atoms with Gasteiger partial charge in [-0.2, -0.15) is 4.98 Å². The van der Waals surface area contributed by atoms with Crippen molar-refractivity contribution in [1.29, 1.82) is 0 Å². The van der Waals surface area contributed by atoms with Gasteiger partial charge >= 0.3 is 6.01 Å². The molecule has 0 spiro atoms. The fourth-order valence-corrected chi connectivity index (χ4v) is 4.25. The molecule has 160 valence electrons. The summed E-state index contributed by atoms with van der Waals surface area (Å²) in [4.78, 5) is 27.4. The van der Waals surface area contributed by atoms with E-state index < -0.39 is 0 Å². The van der Waals surface area contributed by atoms with Crippen LogP contribution in [-0.2, 0) is 4.79 Å². The number of hydrogen-bond acceptors (Lipinski definition) is 6. The molecule has 7 nitrogen and oxygen atoms in total. The van der Waals surface area contributed by atoms with Crippen LogP contribution < -0.4 is 14.5 Å². The van der Waals surface area contributed by atoms with Gasteiger partial charge in [0.15, 0.2) is 0 Å². The summed E-state index contributed by atoms with van der Waals surface area (Å²) in [5.74, 6) is 1.27. The van der Waals surface area contributed by atoms with Gasteiger partial charge in [-0.05, 0) is 37.0 Å². The molecule has 0 radical (unpaired) electrons. The molecule has 1 aromatic heterocycles. The van der Waals surface area contributed by atoms with Gasteiger partial charge < -0.3 is 19.4 Å². The maximum atomic E-state index is 14.0. The summed E-state index contributed by atoms with van der Waals surface area (Å²) in [5.41, 5.74) is 0.623. The summed E-state index contributed by atoms with van der Waals surface area (Å²) in [6, 6.07) is 9.10. The fraction of sp³-hybridized carbons (Fsp3) is 0.500. The number of anilines is 2. The zero-order valence-electron chi connectivity index (χ0n) is 17.3. The van der Waals surface area contributed by atoms with Gasteiger partial charge in [-0.15, -0.1) is 0 Å². The number of para-hydroxylation sites is 1. The van der Waals surface area contributed by atoms with E-state index in [4.69, 9.17) is 4.74 Å². The van der Waals surface area contributed by atoms with Crippen LogP contribution in [0.5, 0.6) is 6.01 Å². The predicted octanol–water partition coefficient (Wildman–Crippen LogP) is 2.58. The van der Waals surface area contributed by atoms with Crippen molar-refractivity contribution in [1.82, 2.24) is 14.9 Å². The molecule has 2 aromatic rings. The first-order chi connectivity index (χ1) is 14.6. The Morgan fingerprint density at radius 3 is 2.50 bits per heavy atom. The number of hydrogen-bond donors (Lipinski definition) is 0. The Morgan fingerprint density at radius 1 is 1.07 bits per heavy atom. The summed E-state index contributed by atoms with van der Waals surface area (Å²) in [6.07, 6.45) is 4.22. The van der Waals surface area contributed by atoms with Crippen molar-refractivity contribution < 1.29 is 13.9 Å². The quantitative estimate of drug-likeness (QED) is 0.751. The molecule has 0 bridgehead atoms. The summed E-state index contributed by atoms with van der Waals surface area (Å²) in [5, 5.41) is 0. The van der Waals surface area contributed by atoms with Crippen LogP contribution in [-0.4, -0.2) is 67.2 Å². The minimum absolute atomic E-state index is 0.203. The van der Waals surface area contributed by atoms with Crippen molar-refractivity contribution in [2.45, 2.75) is 19.3 Å². The van der Waals surface area contributed by atoms with Gasteiger partial charge in [0.1, 0.15) is 11.6 Å². The van der Waals surface area contributed by atoms with Gasteiger partial charge in [-0.3, -0.25) is 4.79 Å². The summed E-state index contributed by atoms with van der Waals surface area (Å²) < 4.78 is 19.1. The van der Waals surface area contributed by atoms with Crippen molar-refractivity contribution >= 4 is 17.4 Å². The van der Waals surface area contributed by atoms with E-state index >= 15 is 0 Å². The number of piperidine rings is 1. The molecule has 1 amide bonds. The van der Waals surface area contributed by atoms with Crippen LogP contribution in [0.1, 0.15) is 19.3 Å². The molecule has 0 aliphatic carbocycles. The largest absolute Gasteiger partial charge is 0.467 e. The molecule has 2 aliphatic heterocycles. The lowest BCUT2D eigenvalue weighted by atomic mass is 9.93. The normalized spacial score (nSPS) is 17.9. The highest BCUT2D eigenvalue weighted by Crippen LogP contribution is 2.26. The number of rotatable bonds is 5. The number of aromatic nitrogens is 2. The predicted molar refractivity (Wildman–Crippen MR) is 113 cm³/mol. The van der Waals surface area contributed by atoms with Crippen LogP contribution >= 0.6 is 0 Å². The Kier molecular flexibility index (Phi) is 6.30. The van der Waals surface area contributed by atoms with Crippen LogP contribution in [0.4, 0.5) is 15.9 Å². The molecular formula is C22H28FN5O2. The van der Waals surface area contributed by atoms with E-state index in [0.29, 0.717) is 50.2 Å². The Morgan fingerprint density at radius 2 is 1.80 bits per heavy atom. The standard InChI is InChI=1S/C22H28FN5O2/c1-30-22-24-9-6-20(25-22)27-10-7-17(8-11-27)16-21(29)28-14-12-26(13-15-28)19-5-3-2-4-18(19)23/h2-6,9,17H,7-8,10-16H2,1H3. The SMILES string of the molecule is COc1nccc(N2CCC(CC(=O)N3CCN(c4ccccc4F)CC3)CC2)n1. The number of benzene rings is 1. The van der Waals surface area contributed by atoms with Crippen LogP contribution in [0.2, 0.25) is 0 Å². The minimum Gasteiger partial charge on any atom is -0.467 e. The lowest BCUT2D eigenvalue weighted by Gasteiger charge is -2.37. The Labute approximate surface area is 176 Å². The van der Waals surface area contributed by atoms with E-state index in [1.807, 2.05) is 21.9 Å². The number of nitrogens with zero attached hydrogens (tertiary/aromatic N) is 5. The monoisotopic (exact) mass is 413 g/mol. The maximum absolute atomic E-state index is 14.0. The van der Waals surface area contributed by atoms with Gasteiger partial charge in [0.05, 0.1) is 12.8 Å². The Hall–Kier alpha value is -2.90. The van der Waals surface area contributed by atoms with Crippen molar-refractivity contribution in [3.05, 3.63) is 42.3 Å². The number of ether oxygens (including phenoxy) is 1. The zero-order chi connectivity index (χ0) is 20.9. The van der Waals surface area contributed by atoms with Crippen molar-refractivity contribution in [2.75, 3.05) is 56.2 Å². The average molecular weight is 413 g/mol. The van der Waals surface area contributed by atoms with Crippen LogP contribution in [0, 0.1) is 11.7 Å². The number of amides is 1. The van der Waals surface area contributed by atoms with Gasteiger partial charge in [0, 0.05) is 51.9 Å².